The first-order valence-corrected chi connectivity index (χ1v) is 7.69. The van der Waals surface area contributed by atoms with Crippen molar-refractivity contribution in [2.45, 2.75) is 39.2 Å². The van der Waals surface area contributed by atoms with Crippen LogP contribution in [0.5, 0.6) is 0 Å². The summed E-state index contributed by atoms with van der Waals surface area (Å²) in [4.78, 5) is 14.0. The van der Waals surface area contributed by atoms with Crippen molar-refractivity contribution in [2.24, 2.45) is 0 Å². The van der Waals surface area contributed by atoms with Crippen molar-refractivity contribution in [2.75, 3.05) is 31.1 Å². The molecule has 1 aromatic rings. The van der Waals surface area contributed by atoms with Gasteiger partial charge in [0.25, 0.3) is 0 Å². The molecule has 0 fully saturated rings. The Morgan fingerprint density at radius 3 is 2.86 bits per heavy atom. The number of anilines is 1. The Kier molecular flexibility index (Phi) is 5.23. The van der Waals surface area contributed by atoms with E-state index in [0.29, 0.717) is 6.54 Å². The maximum absolute atomic E-state index is 11.6. The summed E-state index contributed by atoms with van der Waals surface area (Å²) in [7, 11) is 0. The molecule has 1 amide bonds. The third kappa shape index (κ3) is 5.05. The normalized spacial score (nSPS) is 14.1. The molecule has 4 nitrogen and oxygen atoms in total. The number of rotatable bonds is 6. The Morgan fingerprint density at radius 2 is 2.10 bits per heavy atom. The van der Waals surface area contributed by atoms with Crippen molar-refractivity contribution in [3.8, 4) is 0 Å². The van der Waals surface area contributed by atoms with E-state index in [1.807, 2.05) is 20.8 Å². The first-order valence-electron chi connectivity index (χ1n) is 7.69. The lowest BCUT2D eigenvalue weighted by Gasteiger charge is -2.20. The average Bonchev–Trinajstić information content (AvgIpc) is 2.84. The van der Waals surface area contributed by atoms with Gasteiger partial charge in [0.2, 0.25) is 5.91 Å². The monoisotopic (exact) mass is 290 g/mol. The molecule has 21 heavy (non-hydrogen) atoms. The van der Waals surface area contributed by atoms with Gasteiger partial charge in [0.05, 0.1) is 5.60 Å². The molecule has 1 heterocycles. The molecule has 0 saturated heterocycles. The first-order chi connectivity index (χ1) is 9.96. The van der Waals surface area contributed by atoms with Gasteiger partial charge in [-0.3, -0.25) is 4.79 Å². The number of hydrogen-bond acceptors (Lipinski definition) is 3. The molecule has 2 rings (SSSR count). The van der Waals surface area contributed by atoms with Crippen LogP contribution in [0.4, 0.5) is 5.69 Å². The third-order valence-corrected chi connectivity index (χ3v) is 3.55. The fourth-order valence-electron chi connectivity index (χ4n) is 2.47. The number of para-hydroxylation sites is 1. The van der Waals surface area contributed by atoms with Crippen LogP contribution in [-0.2, 0) is 16.0 Å². The lowest BCUT2D eigenvalue weighted by Crippen LogP contribution is -2.34. The Morgan fingerprint density at radius 1 is 1.33 bits per heavy atom. The van der Waals surface area contributed by atoms with E-state index in [-0.39, 0.29) is 18.1 Å². The van der Waals surface area contributed by atoms with Gasteiger partial charge in [-0.1, -0.05) is 18.2 Å². The molecule has 0 bridgehead atoms. The summed E-state index contributed by atoms with van der Waals surface area (Å²) in [6, 6.07) is 8.56. The minimum atomic E-state index is -0.267. The minimum Gasteiger partial charge on any atom is -0.371 e. The molecule has 0 aromatic heterocycles. The van der Waals surface area contributed by atoms with Crippen LogP contribution in [0.25, 0.3) is 0 Å². The van der Waals surface area contributed by atoms with E-state index >= 15 is 0 Å². The molecular formula is C17H26N2O2. The zero-order valence-corrected chi connectivity index (χ0v) is 13.3. The zero-order chi connectivity index (χ0) is 15.3. The Bertz CT molecular complexity index is 480. The lowest BCUT2D eigenvalue weighted by molar-refractivity contribution is -0.130. The van der Waals surface area contributed by atoms with Gasteiger partial charge in [-0.15, -0.1) is 0 Å². The highest BCUT2D eigenvalue weighted by Gasteiger charge is 2.17. The van der Waals surface area contributed by atoms with Crippen LogP contribution in [0.2, 0.25) is 0 Å². The summed E-state index contributed by atoms with van der Waals surface area (Å²) >= 11 is 0. The van der Waals surface area contributed by atoms with Crippen LogP contribution in [0.15, 0.2) is 24.3 Å². The van der Waals surface area contributed by atoms with Crippen LogP contribution in [0, 0.1) is 0 Å². The van der Waals surface area contributed by atoms with Crippen molar-refractivity contribution in [1.82, 2.24) is 5.32 Å². The average molecular weight is 290 g/mol. The predicted molar refractivity (Wildman–Crippen MR) is 85.7 cm³/mol. The van der Waals surface area contributed by atoms with Gasteiger partial charge >= 0.3 is 0 Å². The molecule has 1 N–H and O–H groups in total. The van der Waals surface area contributed by atoms with Crippen molar-refractivity contribution in [3.63, 3.8) is 0 Å². The molecule has 4 heteroatoms. The summed E-state index contributed by atoms with van der Waals surface area (Å²) in [6.45, 7) is 8.75. The van der Waals surface area contributed by atoms with Gasteiger partial charge in [0.15, 0.2) is 0 Å². The quantitative estimate of drug-likeness (QED) is 0.818. The number of nitrogens with one attached hydrogen (secondary N) is 1. The molecule has 0 spiro atoms. The molecular weight excluding hydrogens is 264 g/mol. The number of carbonyl (C=O) groups is 1. The van der Waals surface area contributed by atoms with E-state index in [1.54, 1.807) is 0 Å². The summed E-state index contributed by atoms with van der Waals surface area (Å²) in [5, 5.41) is 2.91. The van der Waals surface area contributed by atoms with Crippen molar-refractivity contribution < 1.29 is 9.53 Å². The molecule has 1 aliphatic rings. The number of nitrogens with zero attached hydrogens (tertiary/aromatic N) is 1. The number of ether oxygens (including phenoxy) is 1. The van der Waals surface area contributed by atoms with E-state index in [4.69, 9.17) is 4.74 Å². The second-order valence-corrected chi connectivity index (χ2v) is 6.47. The molecule has 1 aromatic carbocycles. The Hall–Kier alpha value is -1.55. The van der Waals surface area contributed by atoms with Gasteiger partial charge in [0.1, 0.15) is 6.61 Å². The molecule has 1 aliphatic heterocycles. The Labute approximate surface area is 127 Å². The summed E-state index contributed by atoms with van der Waals surface area (Å²) in [6.07, 6.45) is 2.08. The molecule has 0 saturated carbocycles. The summed E-state index contributed by atoms with van der Waals surface area (Å²) in [5.74, 6) is -0.0354. The second kappa shape index (κ2) is 6.94. The smallest absolute Gasteiger partial charge is 0.246 e. The lowest BCUT2D eigenvalue weighted by atomic mass is 10.2. The second-order valence-electron chi connectivity index (χ2n) is 6.47. The molecule has 0 radical (unpaired) electrons. The SMILES string of the molecule is CC(C)(C)OCC(=O)NCCCN1CCc2ccccc21. The van der Waals surface area contributed by atoms with Crippen molar-refractivity contribution in [1.29, 1.82) is 0 Å². The van der Waals surface area contributed by atoms with Gasteiger partial charge in [0, 0.05) is 25.3 Å². The van der Waals surface area contributed by atoms with Crippen LogP contribution in [0.3, 0.4) is 0 Å². The van der Waals surface area contributed by atoms with Crippen LogP contribution in [-0.4, -0.2) is 37.7 Å². The highest BCUT2D eigenvalue weighted by Crippen LogP contribution is 2.27. The molecule has 0 aliphatic carbocycles. The van der Waals surface area contributed by atoms with Crippen LogP contribution in [0.1, 0.15) is 32.8 Å². The van der Waals surface area contributed by atoms with Crippen LogP contribution >= 0.6 is 0 Å². The fourth-order valence-corrected chi connectivity index (χ4v) is 2.47. The van der Waals surface area contributed by atoms with Crippen LogP contribution < -0.4 is 10.2 Å². The van der Waals surface area contributed by atoms with Gasteiger partial charge in [-0.2, -0.15) is 0 Å². The highest BCUT2D eigenvalue weighted by molar-refractivity contribution is 5.77. The molecule has 116 valence electrons. The Balaban J connectivity index is 1.64. The zero-order valence-electron chi connectivity index (χ0n) is 13.3. The summed E-state index contributed by atoms with van der Waals surface area (Å²) in [5.41, 5.74) is 2.51. The van der Waals surface area contributed by atoms with E-state index in [0.717, 1.165) is 25.9 Å². The first kappa shape index (κ1) is 15.8. The van der Waals surface area contributed by atoms with E-state index in [2.05, 4.69) is 34.5 Å². The highest BCUT2D eigenvalue weighted by atomic mass is 16.5. The minimum absolute atomic E-state index is 0.0354. The van der Waals surface area contributed by atoms with E-state index in [9.17, 15) is 4.79 Å². The van der Waals surface area contributed by atoms with E-state index in [1.165, 1.54) is 11.3 Å². The van der Waals surface area contributed by atoms with Crippen molar-refractivity contribution in [3.05, 3.63) is 29.8 Å². The third-order valence-electron chi connectivity index (χ3n) is 3.55. The fraction of sp³-hybridized carbons (Fsp3) is 0.588. The van der Waals surface area contributed by atoms with Gasteiger partial charge < -0.3 is 15.0 Å². The number of carbonyl (C=O) groups excluding carboxylic acids is 1. The number of hydrogen-bond donors (Lipinski definition) is 1. The van der Waals surface area contributed by atoms with Crippen molar-refractivity contribution >= 4 is 11.6 Å². The largest absolute Gasteiger partial charge is 0.371 e. The maximum Gasteiger partial charge on any atom is 0.246 e. The number of benzene rings is 1. The topological polar surface area (TPSA) is 41.6 Å². The molecule has 0 atom stereocenters. The molecule has 0 unspecified atom stereocenters. The van der Waals surface area contributed by atoms with Gasteiger partial charge in [-0.25, -0.2) is 0 Å². The van der Waals surface area contributed by atoms with Gasteiger partial charge in [-0.05, 0) is 45.2 Å². The predicted octanol–water partition coefficient (Wildman–Crippen LogP) is 2.37. The number of amides is 1. The number of fused-ring (bicyclic) bond motifs is 1. The van der Waals surface area contributed by atoms with E-state index < -0.39 is 0 Å². The maximum atomic E-state index is 11.6. The summed E-state index contributed by atoms with van der Waals surface area (Å²) < 4.78 is 5.45. The standard InChI is InChI=1S/C17H26N2O2/c1-17(2,3)21-13-16(20)18-10-6-11-19-12-9-14-7-4-5-8-15(14)19/h4-5,7-8H,6,9-13H2,1-3H3,(H,18,20).